The van der Waals surface area contributed by atoms with Gasteiger partial charge < -0.3 is 0 Å². The van der Waals surface area contributed by atoms with Crippen LogP contribution in [0.3, 0.4) is 0 Å². The van der Waals surface area contributed by atoms with Crippen LogP contribution in [-0.2, 0) is 10.8 Å². The van der Waals surface area contributed by atoms with Gasteiger partial charge in [-0.15, -0.1) is 11.8 Å². The molecule has 0 aliphatic heterocycles. The molecule has 1 aromatic rings. The van der Waals surface area contributed by atoms with Crippen molar-refractivity contribution in [1.29, 1.82) is 0 Å². The van der Waals surface area contributed by atoms with Crippen LogP contribution in [-0.4, -0.2) is 4.75 Å². The lowest BCUT2D eigenvalue weighted by Gasteiger charge is -2.42. The van der Waals surface area contributed by atoms with Crippen molar-refractivity contribution in [2.75, 3.05) is 0 Å². The number of rotatable bonds is 3. The van der Waals surface area contributed by atoms with Crippen LogP contribution in [0.25, 0.3) is 0 Å². The largest absolute Gasteiger partial charge is 0.120 e. The Morgan fingerprint density at radius 3 is 2.10 bits per heavy atom. The van der Waals surface area contributed by atoms with E-state index in [1.807, 2.05) is 11.8 Å². The smallest absolute Gasteiger partial charge is 0.0148 e. The number of hydrogen-bond donors (Lipinski definition) is 0. The lowest BCUT2D eigenvalue weighted by molar-refractivity contribution is 0.331. The van der Waals surface area contributed by atoms with Crippen LogP contribution >= 0.6 is 11.8 Å². The first kappa shape index (κ1) is 15.9. The zero-order chi connectivity index (χ0) is 15.2. The third kappa shape index (κ3) is 3.08. The highest BCUT2D eigenvalue weighted by Crippen LogP contribution is 2.47. The molecular formula is C19H30S. The Kier molecular flexibility index (Phi) is 4.06. The van der Waals surface area contributed by atoms with E-state index in [1.54, 1.807) is 11.1 Å². The SMILES string of the molecule is CCC(C)(C)Sc1ccc2c(c1)C(C)(C)CCC2(C)C. The maximum atomic E-state index is 2.47. The summed E-state index contributed by atoms with van der Waals surface area (Å²) in [5.74, 6) is 0. The molecule has 1 aliphatic rings. The van der Waals surface area contributed by atoms with Gasteiger partial charge in [-0.25, -0.2) is 0 Å². The number of hydrogen-bond acceptors (Lipinski definition) is 1. The first-order chi connectivity index (χ1) is 9.07. The average Bonchev–Trinajstić information content (AvgIpc) is 2.35. The van der Waals surface area contributed by atoms with Crippen LogP contribution in [0, 0.1) is 0 Å². The van der Waals surface area contributed by atoms with Crippen molar-refractivity contribution in [3.8, 4) is 0 Å². The molecule has 1 aliphatic carbocycles. The van der Waals surface area contributed by atoms with Crippen molar-refractivity contribution in [2.45, 2.75) is 88.2 Å². The van der Waals surface area contributed by atoms with Crippen LogP contribution < -0.4 is 0 Å². The molecule has 0 bridgehead atoms. The van der Waals surface area contributed by atoms with E-state index in [2.05, 4.69) is 66.7 Å². The summed E-state index contributed by atoms with van der Waals surface area (Å²) in [5.41, 5.74) is 3.78. The molecule has 0 nitrogen and oxygen atoms in total. The van der Waals surface area contributed by atoms with Gasteiger partial charge in [0.2, 0.25) is 0 Å². The summed E-state index contributed by atoms with van der Waals surface area (Å²) in [5, 5.41) is 0. The fourth-order valence-corrected chi connectivity index (χ4v) is 4.12. The topological polar surface area (TPSA) is 0 Å². The minimum absolute atomic E-state index is 0.317. The minimum Gasteiger partial charge on any atom is -0.120 e. The number of fused-ring (bicyclic) bond motifs is 1. The van der Waals surface area contributed by atoms with Gasteiger partial charge in [0.1, 0.15) is 0 Å². The Morgan fingerprint density at radius 2 is 1.55 bits per heavy atom. The molecule has 0 atom stereocenters. The van der Waals surface area contributed by atoms with E-state index in [-0.39, 0.29) is 0 Å². The van der Waals surface area contributed by atoms with Crippen LogP contribution in [0.2, 0.25) is 0 Å². The molecule has 0 amide bonds. The summed E-state index contributed by atoms with van der Waals surface area (Å²) >= 11 is 2.02. The highest BCUT2D eigenvalue weighted by Gasteiger charge is 2.37. The molecule has 0 N–H and O–H groups in total. The second-order valence-electron chi connectivity index (χ2n) is 8.19. The zero-order valence-corrected chi connectivity index (χ0v) is 15.1. The van der Waals surface area contributed by atoms with Crippen LogP contribution in [0.5, 0.6) is 0 Å². The highest BCUT2D eigenvalue weighted by molar-refractivity contribution is 8.00. The Balaban J connectivity index is 2.44. The first-order valence-corrected chi connectivity index (χ1v) is 8.73. The lowest BCUT2D eigenvalue weighted by atomic mass is 9.63. The second kappa shape index (κ2) is 5.09. The lowest BCUT2D eigenvalue weighted by Crippen LogP contribution is -2.33. The Hall–Kier alpha value is -0.430. The van der Waals surface area contributed by atoms with Crippen molar-refractivity contribution in [2.24, 2.45) is 0 Å². The van der Waals surface area contributed by atoms with Crippen LogP contribution in [0.4, 0.5) is 0 Å². The summed E-state index contributed by atoms with van der Waals surface area (Å²) in [4.78, 5) is 1.43. The monoisotopic (exact) mass is 290 g/mol. The van der Waals surface area contributed by atoms with Crippen LogP contribution in [0.15, 0.2) is 23.1 Å². The van der Waals surface area contributed by atoms with E-state index in [4.69, 9.17) is 0 Å². The van der Waals surface area contributed by atoms with Crippen molar-refractivity contribution in [3.05, 3.63) is 29.3 Å². The normalized spacial score (nSPS) is 20.6. The van der Waals surface area contributed by atoms with Crippen molar-refractivity contribution < 1.29 is 0 Å². The second-order valence-corrected chi connectivity index (χ2v) is 9.97. The Labute approximate surface area is 129 Å². The molecule has 1 aromatic carbocycles. The first-order valence-electron chi connectivity index (χ1n) is 7.91. The van der Waals surface area contributed by atoms with Crippen molar-refractivity contribution >= 4 is 11.8 Å². The summed E-state index contributed by atoms with van der Waals surface area (Å²) in [6, 6.07) is 7.20. The van der Waals surface area contributed by atoms with E-state index in [1.165, 1.54) is 24.2 Å². The van der Waals surface area contributed by atoms with Gasteiger partial charge in [-0.1, -0.05) is 54.5 Å². The third-order valence-corrected chi connectivity index (χ3v) is 6.40. The third-order valence-electron chi connectivity index (χ3n) is 5.07. The standard InChI is InChI=1S/C19H30S/c1-8-19(6,7)20-14-9-10-15-16(13-14)18(4,5)12-11-17(15,2)3/h9-10,13H,8,11-12H2,1-7H3. The molecule has 0 radical (unpaired) electrons. The zero-order valence-electron chi connectivity index (χ0n) is 14.3. The molecule has 0 heterocycles. The van der Waals surface area contributed by atoms with Gasteiger partial charge in [0.15, 0.2) is 0 Å². The molecule has 1 heteroatoms. The van der Waals surface area contributed by atoms with Crippen molar-refractivity contribution in [1.82, 2.24) is 0 Å². The molecule has 0 fully saturated rings. The predicted molar refractivity (Wildman–Crippen MR) is 92.0 cm³/mol. The van der Waals surface area contributed by atoms with Gasteiger partial charge in [0.05, 0.1) is 0 Å². The van der Waals surface area contributed by atoms with Gasteiger partial charge >= 0.3 is 0 Å². The van der Waals surface area contributed by atoms with E-state index >= 15 is 0 Å². The molecule has 20 heavy (non-hydrogen) atoms. The molecule has 2 rings (SSSR count). The van der Waals surface area contributed by atoms with E-state index < -0.39 is 0 Å². The average molecular weight is 291 g/mol. The van der Waals surface area contributed by atoms with Crippen LogP contribution in [0.1, 0.15) is 78.9 Å². The minimum atomic E-state index is 0.317. The van der Waals surface area contributed by atoms with E-state index in [9.17, 15) is 0 Å². The quantitative estimate of drug-likeness (QED) is 0.587. The van der Waals surface area contributed by atoms with E-state index in [0.717, 1.165) is 0 Å². The Morgan fingerprint density at radius 1 is 1.00 bits per heavy atom. The molecule has 0 unspecified atom stereocenters. The Bertz CT molecular complexity index is 494. The number of benzene rings is 1. The highest BCUT2D eigenvalue weighted by atomic mass is 32.2. The molecule has 0 spiro atoms. The molecule has 0 saturated heterocycles. The van der Waals surface area contributed by atoms with E-state index in [0.29, 0.717) is 15.6 Å². The molecular weight excluding hydrogens is 260 g/mol. The molecule has 0 saturated carbocycles. The van der Waals surface area contributed by atoms with Crippen molar-refractivity contribution in [3.63, 3.8) is 0 Å². The fraction of sp³-hybridized carbons (Fsp3) is 0.684. The fourth-order valence-electron chi connectivity index (χ4n) is 3.02. The van der Waals surface area contributed by atoms with Gasteiger partial charge in [-0.3, -0.25) is 0 Å². The van der Waals surface area contributed by atoms with Gasteiger partial charge in [-0.2, -0.15) is 0 Å². The summed E-state index contributed by atoms with van der Waals surface area (Å²) in [6.45, 7) is 16.5. The van der Waals surface area contributed by atoms with Gasteiger partial charge in [-0.05, 0) is 53.4 Å². The van der Waals surface area contributed by atoms with Gasteiger partial charge in [0.25, 0.3) is 0 Å². The number of thioether (sulfide) groups is 1. The van der Waals surface area contributed by atoms with Gasteiger partial charge in [0, 0.05) is 9.64 Å². The summed E-state index contributed by atoms with van der Waals surface area (Å²) in [7, 11) is 0. The summed E-state index contributed by atoms with van der Waals surface area (Å²) in [6.07, 6.45) is 3.78. The predicted octanol–water partition coefficient (Wildman–Crippen LogP) is 6.32. The maximum Gasteiger partial charge on any atom is 0.0148 e. The summed E-state index contributed by atoms with van der Waals surface area (Å²) < 4.78 is 0.322. The maximum absolute atomic E-state index is 2.47. The molecule has 112 valence electrons. The molecule has 0 aromatic heterocycles.